The predicted octanol–water partition coefficient (Wildman–Crippen LogP) is 2.26. The first kappa shape index (κ1) is 17.8. The third kappa shape index (κ3) is 5.92. The molecule has 0 heterocycles. The minimum absolute atomic E-state index is 0.427. The van der Waals surface area contributed by atoms with Gasteiger partial charge in [0.2, 0.25) is 0 Å². The van der Waals surface area contributed by atoms with E-state index in [9.17, 15) is 0 Å². The van der Waals surface area contributed by atoms with Crippen LogP contribution in [0.5, 0.6) is 0 Å². The van der Waals surface area contributed by atoms with E-state index in [0.29, 0.717) is 18.0 Å². The number of nitrogens with zero attached hydrogens (tertiary/aromatic N) is 2. The standard InChI is InChI=1S/C17H32N4/c1-7-9-21(10-8-2)16(13(3)4)12-19-17(18-6)20-15-11-14(15)5/h7-8,13-16H,1-2,9-12H2,3-6H3,(H2,18,19,20). The third-order valence-corrected chi connectivity index (χ3v) is 4.10. The van der Waals surface area contributed by atoms with E-state index >= 15 is 0 Å². The van der Waals surface area contributed by atoms with Crippen molar-refractivity contribution in [1.82, 2.24) is 15.5 Å². The predicted molar refractivity (Wildman–Crippen MR) is 92.7 cm³/mol. The summed E-state index contributed by atoms with van der Waals surface area (Å²) in [5.41, 5.74) is 0. The number of nitrogens with one attached hydrogen (secondary N) is 2. The average molecular weight is 292 g/mol. The van der Waals surface area contributed by atoms with Gasteiger partial charge in [0.25, 0.3) is 0 Å². The summed E-state index contributed by atoms with van der Waals surface area (Å²) in [6, 6.07) is 1.02. The fourth-order valence-electron chi connectivity index (χ4n) is 2.56. The van der Waals surface area contributed by atoms with Crippen molar-refractivity contribution in [2.75, 3.05) is 26.7 Å². The lowest BCUT2D eigenvalue weighted by atomic mass is 10.0. The third-order valence-electron chi connectivity index (χ3n) is 4.10. The molecule has 0 bridgehead atoms. The molecule has 0 aromatic heterocycles. The van der Waals surface area contributed by atoms with Crippen LogP contribution in [0.25, 0.3) is 0 Å². The normalized spacial score (nSPS) is 23.0. The highest BCUT2D eigenvalue weighted by atomic mass is 15.2. The summed E-state index contributed by atoms with van der Waals surface area (Å²) in [6.07, 6.45) is 5.16. The maximum absolute atomic E-state index is 4.32. The van der Waals surface area contributed by atoms with Crippen LogP contribution in [0.15, 0.2) is 30.3 Å². The Bertz CT molecular complexity index is 352. The Morgan fingerprint density at radius 3 is 2.29 bits per heavy atom. The van der Waals surface area contributed by atoms with Gasteiger partial charge in [-0.25, -0.2) is 0 Å². The van der Waals surface area contributed by atoms with Crippen LogP contribution in [0.2, 0.25) is 0 Å². The van der Waals surface area contributed by atoms with Gasteiger partial charge in [0.1, 0.15) is 0 Å². The largest absolute Gasteiger partial charge is 0.355 e. The monoisotopic (exact) mass is 292 g/mol. The first-order valence-electron chi connectivity index (χ1n) is 7.96. The van der Waals surface area contributed by atoms with Crippen molar-refractivity contribution in [3.63, 3.8) is 0 Å². The molecule has 2 N–H and O–H groups in total. The molecule has 0 spiro atoms. The molecule has 0 aromatic carbocycles. The van der Waals surface area contributed by atoms with Crippen LogP contribution >= 0.6 is 0 Å². The van der Waals surface area contributed by atoms with E-state index in [1.165, 1.54) is 6.42 Å². The first-order chi connectivity index (χ1) is 10.0. The van der Waals surface area contributed by atoms with Gasteiger partial charge in [-0.2, -0.15) is 0 Å². The Hall–Kier alpha value is -1.29. The highest BCUT2D eigenvalue weighted by Crippen LogP contribution is 2.28. The molecule has 3 atom stereocenters. The molecule has 4 heteroatoms. The topological polar surface area (TPSA) is 39.7 Å². The highest BCUT2D eigenvalue weighted by Gasteiger charge is 2.33. The van der Waals surface area contributed by atoms with Crippen LogP contribution in [0.1, 0.15) is 27.2 Å². The Balaban J connectivity index is 2.55. The highest BCUT2D eigenvalue weighted by molar-refractivity contribution is 5.80. The summed E-state index contributed by atoms with van der Waals surface area (Å²) in [5.74, 6) is 2.23. The Morgan fingerprint density at radius 1 is 1.33 bits per heavy atom. The second kappa shape index (κ2) is 8.88. The maximum atomic E-state index is 4.32. The minimum Gasteiger partial charge on any atom is -0.355 e. The fourth-order valence-corrected chi connectivity index (χ4v) is 2.56. The molecule has 3 unspecified atom stereocenters. The van der Waals surface area contributed by atoms with E-state index in [2.05, 4.69) is 54.5 Å². The number of guanidine groups is 1. The molecule has 0 amide bonds. The van der Waals surface area contributed by atoms with E-state index in [4.69, 9.17) is 0 Å². The van der Waals surface area contributed by atoms with Gasteiger partial charge < -0.3 is 10.6 Å². The Labute approximate surface area is 130 Å². The van der Waals surface area contributed by atoms with E-state index < -0.39 is 0 Å². The molecule has 1 aliphatic rings. The summed E-state index contributed by atoms with van der Waals surface area (Å²) in [7, 11) is 1.83. The smallest absolute Gasteiger partial charge is 0.191 e. The summed E-state index contributed by atoms with van der Waals surface area (Å²) in [5, 5.41) is 6.94. The Kier molecular flexibility index (Phi) is 7.51. The maximum Gasteiger partial charge on any atom is 0.191 e. The van der Waals surface area contributed by atoms with Crippen molar-refractivity contribution in [3.8, 4) is 0 Å². The lowest BCUT2D eigenvalue weighted by molar-refractivity contribution is 0.190. The SMILES string of the molecule is C=CCN(CC=C)C(CNC(=NC)NC1CC1C)C(C)C. The Morgan fingerprint density at radius 2 is 1.90 bits per heavy atom. The molecule has 4 nitrogen and oxygen atoms in total. The van der Waals surface area contributed by atoms with Crippen molar-refractivity contribution in [1.29, 1.82) is 0 Å². The number of aliphatic imine (C=N–C) groups is 1. The van der Waals surface area contributed by atoms with Gasteiger partial charge in [-0.15, -0.1) is 13.2 Å². The fraction of sp³-hybridized carbons (Fsp3) is 0.706. The summed E-state index contributed by atoms with van der Waals surface area (Å²) in [6.45, 7) is 17.1. The van der Waals surface area contributed by atoms with Gasteiger partial charge >= 0.3 is 0 Å². The van der Waals surface area contributed by atoms with Crippen LogP contribution in [0, 0.1) is 11.8 Å². The number of rotatable bonds is 9. The molecule has 0 aromatic rings. The quantitative estimate of drug-likeness (QED) is 0.389. The summed E-state index contributed by atoms with van der Waals surface area (Å²) >= 11 is 0. The van der Waals surface area contributed by atoms with Crippen LogP contribution in [0.3, 0.4) is 0 Å². The molecular weight excluding hydrogens is 260 g/mol. The van der Waals surface area contributed by atoms with Gasteiger partial charge in [0, 0.05) is 38.8 Å². The van der Waals surface area contributed by atoms with Crippen molar-refractivity contribution in [3.05, 3.63) is 25.3 Å². The molecule has 0 aliphatic heterocycles. The van der Waals surface area contributed by atoms with Gasteiger partial charge in [0.05, 0.1) is 0 Å². The van der Waals surface area contributed by atoms with E-state index in [0.717, 1.165) is 31.5 Å². The second-order valence-electron chi connectivity index (χ2n) is 6.26. The lowest BCUT2D eigenvalue weighted by Gasteiger charge is -2.33. The molecule has 0 radical (unpaired) electrons. The summed E-state index contributed by atoms with van der Waals surface area (Å²) < 4.78 is 0. The zero-order valence-corrected chi connectivity index (χ0v) is 14.1. The molecule has 120 valence electrons. The van der Waals surface area contributed by atoms with Crippen molar-refractivity contribution < 1.29 is 0 Å². The molecule has 1 saturated carbocycles. The second-order valence-corrected chi connectivity index (χ2v) is 6.26. The molecule has 21 heavy (non-hydrogen) atoms. The van der Waals surface area contributed by atoms with Gasteiger partial charge in [-0.05, 0) is 18.3 Å². The van der Waals surface area contributed by atoms with Gasteiger partial charge in [-0.3, -0.25) is 9.89 Å². The van der Waals surface area contributed by atoms with Crippen LogP contribution in [-0.4, -0.2) is 49.6 Å². The molecule has 1 aliphatic carbocycles. The molecule has 1 rings (SSSR count). The van der Waals surface area contributed by atoms with Gasteiger partial charge in [-0.1, -0.05) is 32.9 Å². The van der Waals surface area contributed by atoms with Crippen LogP contribution < -0.4 is 10.6 Å². The number of hydrogen-bond donors (Lipinski definition) is 2. The molecular formula is C17H32N4. The molecule has 0 saturated heterocycles. The van der Waals surface area contributed by atoms with Gasteiger partial charge in [0.15, 0.2) is 5.96 Å². The van der Waals surface area contributed by atoms with Crippen LogP contribution in [0.4, 0.5) is 0 Å². The van der Waals surface area contributed by atoms with Crippen LogP contribution in [-0.2, 0) is 0 Å². The van der Waals surface area contributed by atoms with E-state index in [1.54, 1.807) is 0 Å². The zero-order valence-electron chi connectivity index (χ0n) is 14.1. The number of hydrogen-bond acceptors (Lipinski definition) is 2. The minimum atomic E-state index is 0.427. The summed E-state index contributed by atoms with van der Waals surface area (Å²) in [4.78, 5) is 6.71. The average Bonchev–Trinajstić information content (AvgIpc) is 3.13. The van der Waals surface area contributed by atoms with Crippen molar-refractivity contribution >= 4 is 5.96 Å². The van der Waals surface area contributed by atoms with Crippen molar-refractivity contribution in [2.24, 2.45) is 16.8 Å². The van der Waals surface area contributed by atoms with E-state index in [-0.39, 0.29) is 0 Å². The molecule has 1 fully saturated rings. The lowest BCUT2D eigenvalue weighted by Crippen LogP contribution is -2.50. The zero-order chi connectivity index (χ0) is 15.8. The van der Waals surface area contributed by atoms with Crippen molar-refractivity contribution in [2.45, 2.75) is 39.3 Å². The first-order valence-corrected chi connectivity index (χ1v) is 7.96. The van der Waals surface area contributed by atoms with E-state index in [1.807, 2.05) is 19.2 Å².